The Labute approximate surface area is 153 Å². The molecule has 0 aliphatic heterocycles. The molecule has 3 aromatic rings. The molecule has 0 unspecified atom stereocenters. The SMILES string of the molecule is CC(C)CCNc1ncnc2c1sc1nc(C(C)C)c3c(c12)CCC3. The van der Waals surface area contributed by atoms with Crippen LogP contribution in [-0.2, 0) is 12.8 Å². The number of nitrogens with zero attached hydrogens (tertiary/aromatic N) is 3. The third-order valence-corrected chi connectivity index (χ3v) is 6.14. The normalized spacial score (nSPS) is 14.2. The lowest BCUT2D eigenvalue weighted by molar-refractivity contribution is 0.607. The molecule has 3 heterocycles. The van der Waals surface area contributed by atoms with Gasteiger partial charge in [0.2, 0.25) is 0 Å². The van der Waals surface area contributed by atoms with Gasteiger partial charge < -0.3 is 5.32 Å². The number of anilines is 1. The largest absolute Gasteiger partial charge is 0.369 e. The van der Waals surface area contributed by atoms with E-state index >= 15 is 0 Å². The first-order valence-corrected chi connectivity index (χ1v) is 10.2. The van der Waals surface area contributed by atoms with E-state index in [4.69, 9.17) is 4.98 Å². The second-order valence-corrected chi connectivity index (χ2v) is 8.75. The molecule has 25 heavy (non-hydrogen) atoms. The van der Waals surface area contributed by atoms with Gasteiger partial charge in [-0.2, -0.15) is 0 Å². The molecule has 0 spiro atoms. The Morgan fingerprint density at radius 2 is 1.92 bits per heavy atom. The van der Waals surface area contributed by atoms with Crippen molar-refractivity contribution >= 4 is 37.6 Å². The van der Waals surface area contributed by atoms with Crippen LogP contribution in [0.15, 0.2) is 6.33 Å². The predicted molar refractivity (Wildman–Crippen MR) is 107 cm³/mol. The highest BCUT2D eigenvalue weighted by atomic mass is 32.1. The minimum atomic E-state index is 0.469. The van der Waals surface area contributed by atoms with E-state index in [0.717, 1.165) is 46.7 Å². The Morgan fingerprint density at radius 1 is 1.12 bits per heavy atom. The van der Waals surface area contributed by atoms with Crippen molar-refractivity contribution in [3.63, 3.8) is 0 Å². The monoisotopic (exact) mass is 354 g/mol. The molecule has 132 valence electrons. The Bertz CT molecular complexity index is 926. The summed E-state index contributed by atoms with van der Waals surface area (Å²) in [5.41, 5.74) is 5.35. The van der Waals surface area contributed by atoms with Crippen LogP contribution in [0, 0.1) is 5.92 Å². The zero-order chi connectivity index (χ0) is 17.6. The quantitative estimate of drug-likeness (QED) is 0.674. The lowest BCUT2D eigenvalue weighted by atomic mass is 9.99. The first-order chi connectivity index (χ1) is 12.1. The highest BCUT2D eigenvalue weighted by molar-refractivity contribution is 7.26. The third-order valence-electron chi connectivity index (χ3n) is 5.07. The molecule has 1 N–H and O–H groups in total. The molecule has 0 bridgehead atoms. The summed E-state index contributed by atoms with van der Waals surface area (Å²) in [6, 6.07) is 0. The molecule has 0 fully saturated rings. The maximum absolute atomic E-state index is 5.06. The van der Waals surface area contributed by atoms with Crippen molar-refractivity contribution < 1.29 is 0 Å². The van der Waals surface area contributed by atoms with Crippen LogP contribution in [0.1, 0.15) is 63.3 Å². The fraction of sp³-hybridized carbons (Fsp3) is 0.550. The van der Waals surface area contributed by atoms with Crippen molar-refractivity contribution in [3.05, 3.63) is 23.1 Å². The van der Waals surface area contributed by atoms with E-state index in [1.165, 1.54) is 28.6 Å². The maximum atomic E-state index is 5.06. The van der Waals surface area contributed by atoms with Gasteiger partial charge in [0.25, 0.3) is 0 Å². The van der Waals surface area contributed by atoms with E-state index in [-0.39, 0.29) is 0 Å². The van der Waals surface area contributed by atoms with Crippen LogP contribution < -0.4 is 5.32 Å². The Kier molecular flexibility index (Phi) is 4.36. The van der Waals surface area contributed by atoms with Crippen LogP contribution in [0.5, 0.6) is 0 Å². The fourth-order valence-electron chi connectivity index (χ4n) is 3.81. The average Bonchev–Trinajstić information content (AvgIpc) is 3.17. The number of aromatic nitrogens is 3. The maximum Gasteiger partial charge on any atom is 0.147 e. The molecule has 4 nitrogen and oxygen atoms in total. The summed E-state index contributed by atoms with van der Waals surface area (Å²) in [5, 5.41) is 4.80. The Hall–Kier alpha value is -1.75. The number of pyridine rings is 1. The van der Waals surface area contributed by atoms with E-state index < -0.39 is 0 Å². The molecule has 0 saturated heterocycles. The van der Waals surface area contributed by atoms with Crippen LogP contribution in [0.4, 0.5) is 5.82 Å². The number of nitrogens with one attached hydrogen (secondary N) is 1. The van der Waals surface area contributed by atoms with E-state index in [9.17, 15) is 0 Å². The smallest absolute Gasteiger partial charge is 0.147 e. The topological polar surface area (TPSA) is 50.7 Å². The number of hydrogen-bond acceptors (Lipinski definition) is 5. The van der Waals surface area contributed by atoms with Crippen molar-refractivity contribution in [2.45, 2.75) is 59.3 Å². The summed E-state index contributed by atoms with van der Waals surface area (Å²) >= 11 is 1.75. The van der Waals surface area contributed by atoms with Gasteiger partial charge in [0.05, 0.1) is 10.2 Å². The average molecular weight is 355 g/mol. The number of fused-ring (bicyclic) bond motifs is 5. The zero-order valence-electron chi connectivity index (χ0n) is 15.5. The van der Waals surface area contributed by atoms with Crippen LogP contribution in [0.3, 0.4) is 0 Å². The summed E-state index contributed by atoms with van der Waals surface area (Å²) in [6.07, 6.45) is 6.39. The summed E-state index contributed by atoms with van der Waals surface area (Å²) in [5.74, 6) is 2.12. The predicted octanol–water partition coefficient (Wildman–Crippen LogP) is 5.31. The van der Waals surface area contributed by atoms with Crippen LogP contribution in [0.2, 0.25) is 0 Å². The first-order valence-electron chi connectivity index (χ1n) is 9.39. The van der Waals surface area contributed by atoms with E-state index in [1.54, 1.807) is 17.7 Å². The van der Waals surface area contributed by atoms with Crippen molar-refractivity contribution in [1.82, 2.24) is 15.0 Å². The third kappa shape index (κ3) is 2.88. The van der Waals surface area contributed by atoms with Gasteiger partial charge in [-0.15, -0.1) is 11.3 Å². The molecule has 0 amide bonds. The summed E-state index contributed by atoms with van der Waals surface area (Å²) < 4.78 is 1.16. The standard InChI is InChI=1S/C20H26N4S/c1-11(2)8-9-21-19-18-17(22-10-23-19)15-13-6-5-7-14(13)16(12(3)4)24-20(15)25-18/h10-12H,5-9H2,1-4H3,(H,21,22,23). The molecule has 4 rings (SSSR count). The van der Waals surface area contributed by atoms with Gasteiger partial charge in [-0.25, -0.2) is 15.0 Å². The van der Waals surface area contributed by atoms with Gasteiger partial charge >= 0.3 is 0 Å². The summed E-state index contributed by atoms with van der Waals surface area (Å²) in [4.78, 5) is 15.3. The second kappa shape index (κ2) is 6.52. The minimum absolute atomic E-state index is 0.469. The van der Waals surface area contributed by atoms with Crippen molar-refractivity contribution in [1.29, 1.82) is 0 Å². The van der Waals surface area contributed by atoms with Crippen molar-refractivity contribution in [2.24, 2.45) is 5.92 Å². The highest BCUT2D eigenvalue weighted by Gasteiger charge is 2.25. The molecule has 1 aliphatic rings. The minimum Gasteiger partial charge on any atom is -0.369 e. The fourth-order valence-corrected chi connectivity index (χ4v) is 4.94. The zero-order valence-corrected chi connectivity index (χ0v) is 16.3. The first kappa shape index (κ1) is 16.7. The summed E-state index contributed by atoms with van der Waals surface area (Å²) in [6.45, 7) is 9.94. The molecule has 1 aliphatic carbocycles. The van der Waals surface area contributed by atoms with Crippen molar-refractivity contribution in [2.75, 3.05) is 11.9 Å². The number of thiophene rings is 1. The Morgan fingerprint density at radius 3 is 2.68 bits per heavy atom. The highest BCUT2D eigenvalue weighted by Crippen LogP contribution is 2.42. The lowest BCUT2D eigenvalue weighted by Gasteiger charge is -2.11. The van der Waals surface area contributed by atoms with Crippen LogP contribution >= 0.6 is 11.3 Å². The van der Waals surface area contributed by atoms with Crippen LogP contribution in [0.25, 0.3) is 20.4 Å². The molecule has 0 saturated carbocycles. The van der Waals surface area contributed by atoms with Gasteiger partial charge in [0, 0.05) is 17.6 Å². The van der Waals surface area contributed by atoms with Gasteiger partial charge in [-0.1, -0.05) is 27.7 Å². The van der Waals surface area contributed by atoms with Gasteiger partial charge in [0.1, 0.15) is 17.0 Å². The Balaban J connectivity index is 1.87. The lowest BCUT2D eigenvalue weighted by Crippen LogP contribution is -2.06. The second-order valence-electron chi connectivity index (χ2n) is 7.75. The molecular weight excluding hydrogens is 328 g/mol. The number of aryl methyl sites for hydroxylation is 1. The molecule has 0 aromatic carbocycles. The molecule has 3 aromatic heterocycles. The van der Waals surface area contributed by atoms with E-state index in [1.807, 2.05) is 0 Å². The molecular formula is C20H26N4S. The van der Waals surface area contributed by atoms with Gasteiger partial charge in [-0.3, -0.25) is 0 Å². The van der Waals surface area contributed by atoms with Gasteiger partial charge in [0.15, 0.2) is 0 Å². The van der Waals surface area contributed by atoms with Crippen molar-refractivity contribution in [3.8, 4) is 0 Å². The van der Waals surface area contributed by atoms with E-state index in [0.29, 0.717) is 11.8 Å². The number of rotatable bonds is 5. The molecule has 0 atom stereocenters. The summed E-state index contributed by atoms with van der Waals surface area (Å²) in [7, 11) is 0. The van der Waals surface area contributed by atoms with Gasteiger partial charge in [-0.05, 0) is 48.6 Å². The number of hydrogen-bond donors (Lipinski definition) is 1. The van der Waals surface area contributed by atoms with Crippen LogP contribution in [-0.4, -0.2) is 21.5 Å². The van der Waals surface area contributed by atoms with E-state index in [2.05, 4.69) is 43.0 Å². The molecule has 5 heteroatoms. The molecule has 0 radical (unpaired) electrons.